The predicted molar refractivity (Wildman–Crippen MR) is 112 cm³/mol. The lowest BCUT2D eigenvalue weighted by Gasteiger charge is -2.36. The highest BCUT2D eigenvalue weighted by molar-refractivity contribution is 9.10. The van der Waals surface area contributed by atoms with Gasteiger partial charge in [0, 0.05) is 4.47 Å². The van der Waals surface area contributed by atoms with E-state index in [4.69, 9.17) is 4.74 Å². The van der Waals surface area contributed by atoms with Crippen molar-refractivity contribution in [2.45, 2.75) is 51.1 Å². The second kappa shape index (κ2) is 9.16. The van der Waals surface area contributed by atoms with Gasteiger partial charge >= 0.3 is 12.0 Å². The zero-order valence-corrected chi connectivity index (χ0v) is 18.7. The number of imide groups is 1. The van der Waals surface area contributed by atoms with Crippen LogP contribution >= 0.6 is 15.9 Å². The first kappa shape index (κ1) is 22.3. The molecule has 1 aliphatic carbocycles. The van der Waals surface area contributed by atoms with Gasteiger partial charge < -0.3 is 15.4 Å². The van der Waals surface area contributed by atoms with E-state index in [1.807, 2.05) is 38.1 Å². The molecule has 0 aromatic heterocycles. The van der Waals surface area contributed by atoms with E-state index in [-0.39, 0.29) is 17.9 Å². The number of hydrogen-bond acceptors (Lipinski definition) is 5. The van der Waals surface area contributed by atoms with Gasteiger partial charge in [-0.1, -0.05) is 47.8 Å². The number of nitrogens with one attached hydrogen (secondary N) is 2. The third-order valence-electron chi connectivity index (χ3n) is 5.90. The van der Waals surface area contributed by atoms with Crippen molar-refractivity contribution in [2.24, 2.45) is 5.92 Å². The molecule has 162 valence electrons. The summed E-state index contributed by atoms with van der Waals surface area (Å²) in [6.45, 7) is 2.77. The number of amides is 4. The van der Waals surface area contributed by atoms with Crippen molar-refractivity contribution >= 4 is 39.7 Å². The molecule has 3 rings (SSSR count). The zero-order chi connectivity index (χ0) is 21.9. The number of rotatable bonds is 6. The van der Waals surface area contributed by atoms with E-state index >= 15 is 0 Å². The van der Waals surface area contributed by atoms with Crippen LogP contribution in [0.2, 0.25) is 0 Å². The average Bonchev–Trinajstić information content (AvgIpc) is 2.94. The first-order valence-corrected chi connectivity index (χ1v) is 10.9. The van der Waals surface area contributed by atoms with Crippen LogP contribution in [0.4, 0.5) is 4.79 Å². The number of nitrogens with zero attached hydrogens (tertiary/aromatic N) is 1. The van der Waals surface area contributed by atoms with Gasteiger partial charge in [-0.25, -0.2) is 4.79 Å². The molecule has 0 radical (unpaired) electrons. The number of halogens is 1. The van der Waals surface area contributed by atoms with Crippen molar-refractivity contribution in [3.63, 3.8) is 0 Å². The van der Waals surface area contributed by atoms with Crippen molar-refractivity contribution in [2.75, 3.05) is 13.2 Å². The number of carbonyl (C=O) groups excluding carboxylic acids is 4. The normalized spacial score (nSPS) is 24.5. The molecule has 1 aromatic rings. The SMILES string of the molecule is CC(NC(=O)COC(=O)CN1C(=O)NC2(CCCCC2C)C1=O)c1ccc(Br)cc1. The summed E-state index contributed by atoms with van der Waals surface area (Å²) in [6, 6.07) is 6.65. The molecular weight excluding hydrogens is 454 g/mol. The highest BCUT2D eigenvalue weighted by Gasteiger charge is 2.55. The number of carbonyl (C=O) groups is 4. The Bertz CT molecular complexity index is 844. The lowest BCUT2D eigenvalue weighted by molar-refractivity contribution is -0.151. The Hall–Kier alpha value is -2.42. The Balaban J connectivity index is 1.49. The molecule has 2 fully saturated rings. The fourth-order valence-electron chi connectivity index (χ4n) is 4.08. The van der Waals surface area contributed by atoms with E-state index in [1.165, 1.54) is 0 Å². The maximum Gasteiger partial charge on any atom is 0.326 e. The Morgan fingerprint density at radius 2 is 2.00 bits per heavy atom. The van der Waals surface area contributed by atoms with Crippen molar-refractivity contribution in [1.82, 2.24) is 15.5 Å². The van der Waals surface area contributed by atoms with Crippen molar-refractivity contribution < 1.29 is 23.9 Å². The van der Waals surface area contributed by atoms with E-state index in [2.05, 4.69) is 26.6 Å². The topological polar surface area (TPSA) is 105 Å². The highest BCUT2D eigenvalue weighted by Crippen LogP contribution is 2.38. The maximum absolute atomic E-state index is 12.9. The van der Waals surface area contributed by atoms with Gasteiger partial charge in [0.1, 0.15) is 12.1 Å². The molecule has 1 aromatic carbocycles. The molecular formula is C21H26BrN3O5. The van der Waals surface area contributed by atoms with Gasteiger partial charge in [0.2, 0.25) is 0 Å². The lowest BCUT2D eigenvalue weighted by Crippen LogP contribution is -2.54. The van der Waals surface area contributed by atoms with Crippen molar-refractivity contribution in [3.8, 4) is 0 Å². The van der Waals surface area contributed by atoms with Crippen molar-refractivity contribution in [1.29, 1.82) is 0 Å². The van der Waals surface area contributed by atoms with Gasteiger partial charge in [0.05, 0.1) is 6.04 Å². The van der Waals surface area contributed by atoms with Gasteiger partial charge in [-0.05, 0) is 43.4 Å². The molecule has 1 aliphatic heterocycles. The van der Waals surface area contributed by atoms with E-state index in [0.717, 1.165) is 34.2 Å². The molecule has 2 N–H and O–H groups in total. The molecule has 0 bridgehead atoms. The van der Waals surface area contributed by atoms with Crippen LogP contribution in [0.15, 0.2) is 28.7 Å². The summed E-state index contributed by atoms with van der Waals surface area (Å²) in [5.41, 5.74) is -0.0169. The van der Waals surface area contributed by atoms with Crippen molar-refractivity contribution in [3.05, 3.63) is 34.3 Å². The van der Waals surface area contributed by atoms with Crippen LogP contribution in [0.1, 0.15) is 51.1 Å². The van der Waals surface area contributed by atoms with Crippen LogP contribution in [0.5, 0.6) is 0 Å². The fourth-order valence-corrected chi connectivity index (χ4v) is 4.34. The van der Waals surface area contributed by atoms with Crippen LogP contribution in [-0.4, -0.2) is 47.4 Å². The maximum atomic E-state index is 12.9. The second-order valence-corrected chi connectivity index (χ2v) is 8.86. The molecule has 1 saturated heterocycles. The second-order valence-electron chi connectivity index (χ2n) is 7.94. The summed E-state index contributed by atoms with van der Waals surface area (Å²) in [7, 11) is 0. The predicted octanol–water partition coefficient (Wildman–Crippen LogP) is 2.67. The Kier molecular flexibility index (Phi) is 6.80. The van der Waals surface area contributed by atoms with Crippen LogP contribution in [0.25, 0.3) is 0 Å². The molecule has 1 saturated carbocycles. The molecule has 4 amide bonds. The fraction of sp³-hybridized carbons (Fsp3) is 0.524. The minimum absolute atomic E-state index is 0.00888. The summed E-state index contributed by atoms with van der Waals surface area (Å²) in [5.74, 6) is -1.64. The van der Waals surface area contributed by atoms with Crippen LogP contribution in [-0.2, 0) is 19.1 Å². The molecule has 1 heterocycles. The third-order valence-corrected chi connectivity index (χ3v) is 6.43. The molecule has 1 spiro atoms. The first-order chi connectivity index (χ1) is 14.2. The van der Waals surface area contributed by atoms with Gasteiger partial charge in [-0.2, -0.15) is 0 Å². The van der Waals surface area contributed by atoms with Gasteiger partial charge in [-0.3, -0.25) is 19.3 Å². The standard InChI is InChI=1S/C21H26BrN3O5/c1-13-5-3-4-10-21(13)19(28)25(20(29)24-21)11-18(27)30-12-17(26)23-14(2)15-6-8-16(22)9-7-15/h6-9,13-14H,3-5,10-12H2,1-2H3,(H,23,26)(H,24,29). The Morgan fingerprint density at radius 3 is 2.67 bits per heavy atom. The number of hydrogen-bond donors (Lipinski definition) is 2. The monoisotopic (exact) mass is 479 g/mol. The minimum atomic E-state index is -0.924. The summed E-state index contributed by atoms with van der Waals surface area (Å²) in [5, 5.41) is 5.53. The number of urea groups is 1. The lowest BCUT2D eigenvalue weighted by atomic mass is 9.73. The van der Waals surface area contributed by atoms with Crippen LogP contribution < -0.4 is 10.6 Å². The molecule has 2 aliphatic rings. The largest absolute Gasteiger partial charge is 0.454 e. The molecule has 30 heavy (non-hydrogen) atoms. The van der Waals surface area contributed by atoms with E-state index in [9.17, 15) is 19.2 Å². The first-order valence-electron chi connectivity index (χ1n) is 10.1. The Labute approximate surface area is 183 Å². The van der Waals surface area contributed by atoms with Crippen LogP contribution in [0.3, 0.4) is 0 Å². The van der Waals surface area contributed by atoms with Crippen LogP contribution in [0, 0.1) is 5.92 Å². The summed E-state index contributed by atoms with van der Waals surface area (Å²) in [4.78, 5) is 50.3. The summed E-state index contributed by atoms with van der Waals surface area (Å²) in [6.07, 6.45) is 3.29. The quantitative estimate of drug-likeness (QED) is 0.481. The number of ether oxygens (including phenoxy) is 1. The molecule has 3 unspecified atom stereocenters. The van der Waals surface area contributed by atoms with E-state index in [1.54, 1.807) is 0 Å². The molecule has 3 atom stereocenters. The average molecular weight is 480 g/mol. The minimum Gasteiger partial charge on any atom is -0.454 e. The Morgan fingerprint density at radius 1 is 1.30 bits per heavy atom. The zero-order valence-electron chi connectivity index (χ0n) is 17.1. The molecule has 8 nitrogen and oxygen atoms in total. The summed E-state index contributed by atoms with van der Waals surface area (Å²) >= 11 is 3.36. The van der Waals surface area contributed by atoms with E-state index in [0.29, 0.717) is 6.42 Å². The van der Waals surface area contributed by atoms with Gasteiger partial charge in [-0.15, -0.1) is 0 Å². The highest BCUT2D eigenvalue weighted by atomic mass is 79.9. The van der Waals surface area contributed by atoms with Gasteiger partial charge in [0.15, 0.2) is 6.61 Å². The molecule has 9 heteroatoms. The van der Waals surface area contributed by atoms with E-state index < -0.39 is 36.6 Å². The van der Waals surface area contributed by atoms with Gasteiger partial charge in [0.25, 0.3) is 11.8 Å². The summed E-state index contributed by atoms with van der Waals surface area (Å²) < 4.78 is 5.92. The number of esters is 1. The third kappa shape index (κ3) is 4.66. The number of benzene rings is 1. The smallest absolute Gasteiger partial charge is 0.326 e.